The van der Waals surface area contributed by atoms with E-state index >= 15 is 0 Å². The lowest BCUT2D eigenvalue weighted by molar-refractivity contribution is -0.121. The van der Waals surface area contributed by atoms with Crippen LogP contribution in [0.2, 0.25) is 5.02 Å². The molecule has 0 aliphatic carbocycles. The Balaban J connectivity index is 1.35. The molecule has 37 heavy (non-hydrogen) atoms. The number of aromatic nitrogens is 1. The Hall–Kier alpha value is -2.98. The largest absolute Gasteiger partial charge is 0.384 e. The van der Waals surface area contributed by atoms with E-state index in [0.29, 0.717) is 24.5 Å². The van der Waals surface area contributed by atoms with Crippen molar-refractivity contribution >= 4 is 60.1 Å². The normalized spacial score (nSPS) is 11.5. The van der Waals surface area contributed by atoms with Crippen LogP contribution in [-0.2, 0) is 21.4 Å². The third kappa shape index (κ3) is 7.29. The number of anilines is 1. The van der Waals surface area contributed by atoms with Crippen LogP contribution in [0.25, 0.3) is 10.9 Å². The van der Waals surface area contributed by atoms with Crippen LogP contribution in [0.15, 0.2) is 94.4 Å². The number of nitrogens with one attached hydrogen (secondary N) is 2. The summed E-state index contributed by atoms with van der Waals surface area (Å²) >= 11 is 9.38. The molecular weight excluding hydrogens is 576 g/mol. The molecule has 1 amide bonds. The zero-order valence-corrected chi connectivity index (χ0v) is 23.1. The lowest BCUT2D eigenvalue weighted by atomic mass is 10.2. The Morgan fingerprint density at radius 2 is 1.73 bits per heavy atom. The Labute approximate surface area is 230 Å². The van der Waals surface area contributed by atoms with Crippen LogP contribution in [0.3, 0.4) is 0 Å². The first-order valence-corrected chi connectivity index (χ1v) is 14.3. The summed E-state index contributed by atoms with van der Waals surface area (Å²) in [6, 6.07) is 23.0. The zero-order valence-electron chi connectivity index (χ0n) is 19.9. The predicted molar refractivity (Wildman–Crippen MR) is 151 cm³/mol. The molecule has 7 nitrogen and oxygen atoms in total. The Morgan fingerprint density at radius 3 is 2.49 bits per heavy atom. The van der Waals surface area contributed by atoms with E-state index in [1.54, 1.807) is 18.3 Å². The van der Waals surface area contributed by atoms with Crippen molar-refractivity contribution in [3.8, 4) is 0 Å². The topological polar surface area (TPSA) is 91.4 Å². The summed E-state index contributed by atoms with van der Waals surface area (Å²) in [5.41, 5.74) is 2.53. The molecule has 10 heteroatoms. The van der Waals surface area contributed by atoms with Crippen molar-refractivity contribution in [2.45, 2.75) is 17.9 Å². The minimum atomic E-state index is -3.88. The van der Waals surface area contributed by atoms with Gasteiger partial charge in [-0.1, -0.05) is 57.9 Å². The molecule has 0 bridgehead atoms. The molecule has 0 saturated carbocycles. The molecule has 4 aromatic rings. The summed E-state index contributed by atoms with van der Waals surface area (Å²) in [6.07, 6.45) is 2.37. The van der Waals surface area contributed by atoms with Crippen LogP contribution in [0.5, 0.6) is 0 Å². The van der Waals surface area contributed by atoms with Crippen molar-refractivity contribution in [2.75, 3.05) is 25.0 Å². The number of carbonyl (C=O) groups excluding carboxylic acids is 1. The fourth-order valence-electron chi connectivity index (χ4n) is 3.80. The smallest absolute Gasteiger partial charge is 0.243 e. The first-order valence-electron chi connectivity index (χ1n) is 11.7. The molecule has 0 fully saturated rings. The summed E-state index contributed by atoms with van der Waals surface area (Å²) in [5, 5.41) is 7.79. The summed E-state index contributed by atoms with van der Waals surface area (Å²) in [4.78, 5) is 17.2. The molecule has 4 rings (SSSR count). The number of hydrogen-bond donors (Lipinski definition) is 2. The third-order valence-electron chi connectivity index (χ3n) is 5.67. The van der Waals surface area contributed by atoms with Gasteiger partial charge in [-0.2, -0.15) is 4.31 Å². The van der Waals surface area contributed by atoms with Gasteiger partial charge in [0.05, 0.1) is 17.0 Å². The number of amides is 1. The fraction of sp³-hybridized carbons (Fsp3) is 0.185. The van der Waals surface area contributed by atoms with Gasteiger partial charge in [0.2, 0.25) is 15.9 Å². The monoisotopic (exact) mass is 600 g/mol. The van der Waals surface area contributed by atoms with Gasteiger partial charge in [0.15, 0.2) is 0 Å². The maximum atomic E-state index is 13.4. The molecule has 0 unspecified atom stereocenters. The van der Waals surface area contributed by atoms with E-state index in [0.717, 1.165) is 26.6 Å². The third-order valence-corrected chi connectivity index (χ3v) is 8.24. The highest BCUT2D eigenvalue weighted by atomic mass is 79.9. The maximum Gasteiger partial charge on any atom is 0.243 e. The number of benzene rings is 3. The summed E-state index contributed by atoms with van der Waals surface area (Å²) in [6.45, 7) is 0.828. The SMILES string of the molecule is O=C(CN(Cc1ccccc1)S(=O)(=O)c1ccc(Br)cc1)NCCCNc1ccnc2cc(Cl)ccc12. The predicted octanol–water partition coefficient (Wildman–Crippen LogP) is 5.46. The Kier molecular flexibility index (Phi) is 9.15. The van der Waals surface area contributed by atoms with E-state index in [4.69, 9.17) is 11.6 Å². The second-order valence-corrected chi connectivity index (χ2v) is 11.7. The molecule has 3 aromatic carbocycles. The van der Waals surface area contributed by atoms with E-state index in [2.05, 4.69) is 31.5 Å². The lowest BCUT2D eigenvalue weighted by Gasteiger charge is -2.22. The number of carbonyl (C=O) groups is 1. The second kappa shape index (κ2) is 12.5. The number of hydrogen-bond acceptors (Lipinski definition) is 5. The number of halogens is 2. The summed E-state index contributed by atoms with van der Waals surface area (Å²) in [5.74, 6) is -0.361. The summed E-state index contributed by atoms with van der Waals surface area (Å²) < 4.78 is 28.7. The molecule has 1 aromatic heterocycles. The van der Waals surface area contributed by atoms with Crippen LogP contribution < -0.4 is 10.6 Å². The van der Waals surface area contributed by atoms with Gasteiger partial charge in [0, 0.05) is 46.4 Å². The molecule has 2 N–H and O–H groups in total. The maximum absolute atomic E-state index is 13.4. The quantitative estimate of drug-likeness (QED) is 0.223. The van der Waals surface area contributed by atoms with Gasteiger partial charge in [-0.3, -0.25) is 9.78 Å². The minimum Gasteiger partial charge on any atom is -0.384 e. The Bertz CT molecular complexity index is 1470. The first kappa shape index (κ1) is 27.1. The van der Waals surface area contributed by atoms with Crippen LogP contribution in [0.1, 0.15) is 12.0 Å². The van der Waals surface area contributed by atoms with E-state index in [1.165, 1.54) is 16.4 Å². The highest BCUT2D eigenvalue weighted by molar-refractivity contribution is 9.10. The van der Waals surface area contributed by atoms with Gasteiger partial charge in [-0.05, 0) is 60.5 Å². The van der Waals surface area contributed by atoms with Gasteiger partial charge in [0.1, 0.15) is 0 Å². The van der Waals surface area contributed by atoms with Crippen molar-refractivity contribution in [3.63, 3.8) is 0 Å². The van der Waals surface area contributed by atoms with Crippen molar-refractivity contribution in [1.29, 1.82) is 0 Å². The average Bonchev–Trinajstić information content (AvgIpc) is 2.89. The highest BCUT2D eigenvalue weighted by Gasteiger charge is 2.26. The molecule has 0 aliphatic heterocycles. The highest BCUT2D eigenvalue weighted by Crippen LogP contribution is 2.24. The number of rotatable bonds is 11. The van der Waals surface area contributed by atoms with Crippen LogP contribution >= 0.6 is 27.5 Å². The molecule has 0 spiro atoms. The van der Waals surface area contributed by atoms with Gasteiger partial charge in [-0.15, -0.1) is 0 Å². The van der Waals surface area contributed by atoms with Crippen molar-refractivity contribution < 1.29 is 13.2 Å². The van der Waals surface area contributed by atoms with Gasteiger partial charge >= 0.3 is 0 Å². The standard InChI is InChI=1S/C27H26BrClN4O3S/c28-21-7-10-23(11-8-21)37(35,36)33(18-20-5-2-1-3-6-20)19-27(34)32-15-4-14-30-25-13-16-31-26-17-22(29)9-12-24(25)26/h1-3,5-13,16-17H,4,14-15,18-19H2,(H,30,31)(H,32,34). The molecule has 1 heterocycles. The average molecular weight is 602 g/mol. The number of nitrogens with zero attached hydrogens (tertiary/aromatic N) is 2. The fourth-order valence-corrected chi connectivity index (χ4v) is 5.61. The lowest BCUT2D eigenvalue weighted by Crippen LogP contribution is -2.40. The van der Waals surface area contributed by atoms with E-state index < -0.39 is 10.0 Å². The zero-order chi connectivity index (χ0) is 26.3. The van der Waals surface area contributed by atoms with Crippen LogP contribution in [-0.4, -0.2) is 43.2 Å². The number of pyridine rings is 1. The minimum absolute atomic E-state index is 0.0906. The van der Waals surface area contributed by atoms with Crippen molar-refractivity contribution in [1.82, 2.24) is 14.6 Å². The van der Waals surface area contributed by atoms with Crippen LogP contribution in [0, 0.1) is 0 Å². The molecular formula is C27H26BrClN4O3S. The van der Waals surface area contributed by atoms with E-state index in [9.17, 15) is 13.2 Å². The Morgan fingerprint density at radius 1 is 0.973 bits per heavy atom. The van der Waals surface area contributed by atoms with E-state index in [1.807, 2.05) is 54.6 Å². The van der Waals surface area contributed by atoms with Gasteiger partial charge in [0.25, 0.3) is 0 Å². The van der Waals surface area contributed by atoms with E-state index in [-0.39, 0.29) is 23.9 Å². The first-order chi connectivity index (χ1) is 17.8. The van der Waals surface area contributed by atoms with Crippen molar-refractivity contribution in [3.05, 3.63) is 100 Å². The molecule has 0 aliphatic rings. The summed E-state index contributed by atoms with van der Waals surface area (Å²) in [7, 11) is -3.88. The van der Waals surface area contributed by atoms with Crippen molar-refractivity contribution in [2.24, 2.45) is 0 Å². The number of fused-ring (bicyclic) bond motifs is 1. The molecule has 0 saturated heterocycles. The van der Waals surface area contributed by atoms with Gasteiger partial charge < -0.3 is 10.6 Å². The second-order valence-electron chi connectivity index (χ2n) is 8.36. The van der Waals surface area contributed by atoms with Gasteiger partial charge in [-0.25, -0.2) is 8.42 Å². The van der Waals surface area contributed by atoms with Crippen LogP contribution in [0.4, 0.5) is 5.69 Å². The molecule has 192 valence electrons. The number of sulfonamides is 1. The molecule has 0 radical (unpaired) electrons. The molecule has 0 atom stereocenters.